The lowest BCUT2D eigenvalue weighted by Crippen LogP contribution is -2.17. The molecule has 1 N–H and O–H groups in total. The average Bonchev–Trinajstić information content (AvgIpc) is 2.99. The van der Waals surface area contributed by atoms with Crippen LogP contribution in [0.25, 0.3) is 10.9 Å². The van der Waals surface area contributed by atoms with Crippen molar-refractivity contribution < 1.29 is 9.53 Å². The van der Waals surface area contributed by atoms with Crippen LogP contribution in [0.3, 0.4) is 0 Å². The normalized spacial score (nSPS) is 11.9. The summed E-state index contributed by atoms with van der Waals surface area (Å²) in [6, 6.07) is 14.5. The number of H-pyrrole nitrogens is 1. The summed E-state index contributed by atoms with van der Waals surface area (Å²) in [4.78, 5) is 15.8. The van der Waals surface area contributed by atoms with Crippen LogP contribution in [0.5, 0.6) is 0 Å². The molecule has 0 fully saturated rings. The van der Waals surface area contributed by atoms with Gasteiger partial charge in [-0.15, -0.1) is 0 Å². The molecule has 24 heavy (non-hydrogen) atoms. The molecule has 0 aliphatic heterocycles. The fraction of sp³-hybridized carbons (Fsp3) is 0.158. The number of carbonyl (C=O) groups is 1. The highest BCUT2D eigenvalue weighted by atomic mass is 35.5. The minimum Gasteiger partial charge on any atom is -0.465 e. The highest BCUT2D eigenvalue weighted by Gasteiger charge is 2.27. The summed E-state index contributed by atoms with van der Waals surface area (Å²) in [7, 11) is 0. The molecule has 0 amide bonds. The number of aromatic amines is 1. The first-order valence-corrected chi connectivity index (χ1v) is 7.95. The van der Waals surface area contributed by atoms with E-state index in [0.29, 0.717) is 17.2 Å². The molecule has 0 spiro atoms. The summed E-state index contributed by atoms with van der Waals surface area (Å²) in [5, 5.41) is 10.4. The quantitative estimate of drug-likeness (QED) is 0.717. The molecule has 3 rings (SSSR count). The number of rotatable bonds is 4. The molecular weight excluding hydrogens is 324 g/mol. The predicted molar refractivity (Wildman–Crippen MR) is 92.9 cm³/mol. The minimum absolute atomic E-state index is 0.300. The molecule has 0 saturated heterocycles. The fourth-order valence-corrected chi connectivity index (χ4v) is 2.94. The van der Waals surface area contributed by atoms with E-state index < -0.39 is 5.92 Å². The van der Waals surface area contributed by atoms with Crippen LogP contribution in [0, 0.1) is 11.3 Å². The van der Waals surface area contributed by atoms with Crippen molar-refractivity contribution in [2.75, 3.05) is 6.61 Å². The second-order valence-electron chi connectivity index (χ2n) is 5.35. The van der Waals surface area contributed by atoms with E-state index >= 15 is 0 Å². The van der Waals surface area contributed by atoms with Crippen molar-refractivity contribution in [2.45, 2.75) is 12.8 Å². The maximum Gasteiger partial charge on any atom is 0.317 e. The number of nitrogens with zero attached hydrogens (tertiary/aromatic N) is 1. The van der Waals surface area contributed by atoms with Gasteiger partial charge in [0.05, 0.1) is 18.2 Å². The summed E-state index contributed by atoms with van der Waals surface area (Å²) in [5.41, 5.74) is 3.02. The van der Waals surface area contributed by atoms with E-state index in [2.05, 4.69) is 11.1 Å². The number of hydrogen-bond donors (Lipinski definition) is 1. The van der Waals surface area contributed by atoms with Crippen LogP contribution in [-0.4, -0.2) is 17.6 Å². The Morgan fingerprint density at radius 1 is 1.29 bits per heavy atom. The Balaban J connectivity index is 2.14. The maximum absolute atomic E-state index is 12.6. The molecule has 5 heteroatoms. The lowest BCUT2D eigenvalue weighted by Gasteiger charge is -2.16. The van der Waals surface area contributed by atoms with Crippen molar-refractivity contribution in [3.8, 4) is 6.07 Å². The number of ether oxygens (including phenoxy) is 1. The van der Waals surface area contributed by atoms with Gasteiger partial charge in [-0.3, -0.25) is 4.79 Å². The number of carbonyl (C=O) groups excluding carboxylic acids is 1. The topological polar surface area (TPSA) is 65.9 Å². The van der Waals surface area contributed by atoms with E-state index in [1.54, 1.807) is 43.5 Å². The van der Waals surface area contributed by atoms with Gasteiger partial charge in [0.15, 0.2) is 0 Å². The van der Waals surface area contributed by atoms with Crippen LogP contribution in [0.4, 0.5) is 0 Å². The summed E-state index contributed by atoms with van der Waals surface area (Å²) in [6.45, 7) is 2.08. The average molecular weight is 339 g/mol. The first-order chi connectivity index (χ1) is 11.6. The van der Waals surface area contributed by atoms with Crippen LogP contribution >= 0.6 is 11.6 Å². The highest BCUT2D eigenvalue weighted by Crippen LogP contribution is 2.33. The van der Waals surface area contributed by atoms with E-state index in [-0.39, 0.29) is 5.97 Å². The summed E-state index contributed by atoms with van der Waals surface area (Å²) >= 11 is 6.11. The molecule has 0 aliphatic carbocycles. The van der Waals surface area contributed by atoms with Gasteiger partial charge in [0.25, 0.3) is 0 Å². The van der Waals surface area contributed by atoms with Crippen LogP contribution in [-0.2, 0) is 9.53 Å². The van der Waals surface area contributed by atoms with E-state index in [1.165, 1.54) is 0 Å². The number of esters is 1. The van der Waals surface area contributed by atoms with E-state index in [9.17, 15) is 4.79 Å². The first kappa shape index (κ1) is 16.1. The van der Waals surface area contributed by atoms with Gasteiger partial charge in [-0.05, 0) is 48.4 Å². The Morgan fingerprint density at radius 2 is 2.04 bits per heavy atom. The Hall–Kier alpha value is -2.77. The largest absolute Gasteiger partial charge is 0.465 e. The molecule has 0 radical (unpaired) electrons. The smallest absolute Gasteiger partial charge is 0.317 e. The molecule has 3 aromatic rings. The van der Waals surface area contributed by atoms with Crippen molar-refractivity contribution >= 4 is 28.5 Å². The van der Waals surface area contributed by atoms with Crippen molar-refractivity contribution in [3.63, 3.8) is 0 Å². The molecule has 4 nitrogen and oxygen atoms in total. The van der Waals surface area contributed by atoms with Crippen LogP contribution in [0.2, 0.25) is 5.02 Å². The minimum atomic E-state index is -0.579. The molecule has 0 bridgehead atoms. The van der Waals surface area contributed by atoms with Crippen molar-refractivity contribution in [2.24, 2.45) is 0 Å². The number of halogens is 1. The summed E-state index contributed by atoms with van der Waals surface area (Å²) < 4.78 is 5.27. The lowest BCUT2D eigenvalue weighted by molar-refractivity contribution is -0.143. The van der Waals surface area contributed by atoms with Crippen molar-refractivity contribution in [1.82, 2.24) is 4.98 Å². The molecule has 1 atom stereocenters. The maximum atomic E-state index is 12.6. The molecule has 120 valence electrons. The molecule has 0 saturated carbocycles. The Morgan fingerprint density at radius 3 is 2.71 bits per heavy atom. The number of nitrogens with one attached hydrogen (secondary N) is 1. The number of benzene rings is 2. The molecule has 1 heterocycles. The van der Waals surface area contributed by atoms with E-state index in [1.807, 2.05) is 12.1 Å². The standard InChI is InChI=1S/C19H15ClN2O2/c1-2-24-19(23)18(13-5-3-12(10-21)4-6-13)16-11-22-17-8-7-14(20)9-15(16)17/h3-9,11,18,22H,2H2,1H3. The van der Waals surface area contributed by atoms with Crippen molar-refractivity contribution in [1.29, 1.82) is 5.26 Å². The lowest BCUT2D eigenvalue weighted by atomic mass is 9.90. The van der Waals surface area contributed by atoms with Crippen LogP contribution in [0.1, 0.15) is 29.5 Å². The zero-order chi connectivity index (χ0) is 17.1. The van der Waals surface area contributed by atoms with Gasteiger partial charge in [0.2, 0.25) is 0 Å². The van der Waals surface area contributed by atoms with Gasteiger partial charge >= 0.3 is 5.97 Å². The third-order valence-electron chi connectivity index (χ3n) is 3.88. The third kappa shape index (κ3) is 2.99. The number of nitriles is 1. The molecule has 2 aromatic carbocycles. The highest BCUT2D eigenvalue weighted by molar-refractivity contribution is 6.31. The monoisotopic (exact) mass is 338 g/mol. The van der Waals surface area contributed by atoms with Gasteiger partial charge in [-0.2, -0.15) is 5.26 Å². The van der Waals surface area contributed by atoms with Gasteiger partial charge in [-0.1, -0.05) is 23.7 Å². The van der Waals surface area contributed by atoms with Gasteiger partial charge in [0.1, 0.15) is 5.92 Å². The van der Waals surface area contributed by atoms with E-state index in [4.69, 9.17) is 21.6 Å². The van der Waals surface area contributed by atoms with E-state index in [0.717, 1.165) is 22.0 Å². The third-order valence-corrected chi connectivity index (χ3v) is 4.12. The second kappa shape index (κ2) is 6.77. The zero-order valence-electron chi connectivity index (χ0n) is 13.0. The van der Waals surface area contributed by atoms with Crippen LogP contribution in [0.15, 0.2) is 48.7 Å². The molecule has 1 aromatic heterocycles. The van der Waals surface area contributed by atoms with Crippen molar-refractivity contribution in [3.05, 3.63) is 70.4 Å². The van der Waals surface area contributed by atoms with Gasteiger partial charge in [-0.25, -0.2) is 0 Å². The Kier molecular flexibility index (Phi) is 4.54. The number of hydrogen-bond acceptors (Lipinski definition) is 3. The fourth-order valence-electron chi connectivity index (χ4n) is 2.77. The zero-order valence-corrected chi connectivity index (χ0v) is 13.8. The summed E-state index contributed by atoms with van der Waals surface area (Å²) in [6.07, 6.45) is 1.81. The predicted octanol–water partition coefficient (Wildman–Crippen LogP) is 4.39. The molecule has 0 aliphatic rings. The SMILES string of the molecule is CCOC(=O)C(c1ccc(C#N)cc1)c1c[nH]c2ccc(Cl)cc12. The summed E-state index contributed by atoms with van der Waals surface area (Å²) in [5.74, 6) is -0.909. The first-order valence-electron chi connectivity index (χ1n) is 7.57. The van der Waals surface area contributed by atoms with Crippen LogP contribution < -0.4 is 0 Å². The number of fused-ring (bicyclic) bond motifs is 1. The Bertz CT molecular complexity index is 923. The molecule has 1 unspecified atom stereocenters. The van der Waals surface area contributed by atoms with Gasteiger partial charge in [0, 0.05) is 22.1 Å². The Labute approximate surface area is 144 Å². The number of aromatic nitrogens is 1. The molecular formula is C19H15ClN2O2. The van der Waals surface area contributed by atoms with Gasteiger partial charge < -0.3 is 9.72 Å². The second-order valence-corrected chi connectivity index (χ2v) is 5.79.